The second-order valence-corrected chi connectivity index (χ2v) is 32.9. The first-order valence-electron chi connectivity index (χ1n) is 42.7. The second-order valence-electron chi connectivity index (χ2n) is 32.1. The summed E-state index contributed by atoms with van der Waals surface area (Å²) < 4.78 is 242. The van der Waals surface area contributed by atoms with Crippen LogP contribution in [0.2, 0.25) is 10.0 Å². The molecule has 8 aromatic rings. The number of carbonyl (C=O) groups excluding carboxylic acids is 8. The van der Waals surface area contributed by atoms with Crippen molar-refractivity contribution in [2.45, 2.75) is 214 Å². The molecule has 4 fully saturated rings. The molecule has 722 valence electrons. The van der Waals surface area contributed by atoms with Gasteiger partial charge in [0.15, 0.2) is 0 Å². The number of anilines is 4. The van der Waals surface area contributed by atoms with Crippen molar-refractivity contribution in [3.63, 3.8) is 0 Å². The van der Waals surface area contributed by atoms with E-state index in [9.17, 15) is 117 Å². The van der Waals surface area contributed by atoms with Crippen molar-refractivity contribution >= 4 is 93.2 Å². The number of rotatable bonds is 21. The van der Waals surface area contributed by atoms with E-state index in [0.29, 0.717) is 76.6 Å². The summed E-state index contributed by atoms with van der Waals surface area (Å²) in [6.07, 6.45) is 9.58. The number of alkyl halides is 18. The van der Waals surface area contributed by atoms with E-state index in [2.05, 4.69) is 26.0 Å². The number of nitrogens with one attached hydrogen (secondary N) is 4. The average molecular weight is 1960 g/mol. The first-order chi connectivity index (χ1) is 64.7. The largest absolute Gasteiger partial charge is 0.573 e. The predicted molar refractivity (Wildman–Crippen MR) is 474 cm³/mol. The van der Waals surface area contributed by atoms with Crippen molar-refractivity contribution in [2.24, 2.45) is 0 Å². The molecule has 4 saturated carbocycles. The average Bonchev–Trinajstić information content (AvgIpc) is 0.730. The smallest absolute Gasteiger partial charge is 0.406 e. The molecule has 4 N–H and O–H groups in total. The summed E-state index contributed by atoms with van der Waals surface area (Å²) in [5, 5.41) is 20.5. The molecule has 8 amide bonds. The molecule has 4 unspecified atom stereocenters. The van der Waals surface area contributed by atoms with Gasteiger partial charge in [-0.15, -0.1) is 38.9 Å². The van der Waals surface area contributed by atoms with Crippen LogP contribution in [-0.2, 0) is 69.2 Å². The Morgan fingerprint density at radius 2 is 0.599 bits per heavy atom. The normalized spacial score (nSPS) is 15.4. The van der Waals surface area contributed by atoms with E-state index < -0.39 is 153 Å². The third-order valence-corrected chi connectivity index (χ3v) is 23.2. The maximum absolute atomic E-state index is 13.5. The lowest BCUT2D eigenvalue weighted by molar-refractivity contribution is -0.274. The van der Waals surface area contributed by atoms with E-state index in [-0.39, 0.29) is 51.8 Å². The number of nitrogens with zero attached hydrogens (tertiary/aromatic N) is 5. The van der Waals surface area contributed by atoms with E-state index in [1.807, 2.05) is 23.8 Å². The molecule has 0 aromatic heterocycles. The van der Waals surface area contributed by atoms with Gasteiger partial charge in [0.05, 0.1) is 39.4 Å². The molecule has 0 heterocycles. The summed E-state index contributed by atoms with van der Waals surface area (Å²) in [6.45, 7) is 0. The molecule has 0 saturated heterocycles. The summed E-state index contributed by atoms with van der Waals surface area (Å²) in [4.78, 5) is 108. The van der Waals surface area contributed by atoms with Crippen LogP contribution in [0.1, 0.15) is 208 Å². The lowest BCUT2D eigenvalue weighted by Crippen LogP contribution is -2.47. The maximum Gasteiger partial charge on any atom is 0.573 e. The number of hydrogen-bond donors (Lipinski definition) is 4. The van der Waals surface area contributed by atoms with Crippen LogP contribution in [0.3, 0.4) is 0 Å². The quantitative estimate of drug-likeness (QED) is 0.0393. The van der Waals surface area contributed by atoms with Crippen LogP contribution in [0, 0.1) is 60.7 Å². The van der Waals surface area contributed by atoms with Gasteiger partial charge in [0.25, 0.3) is 0 Å². The molecule has 8 aromatic carbocycles. The van der Waals surface area contributed by atoms with Gasteiger partial charge in [-0.25, -0.2) is 0 Å². The monoisotopic (exact) mass is 1960 g/mol. The van der Waals surface area contributed by atoms with Crippen LogP contribution in [0.25, 0.3) is 0 Å². The zero-order chi connectivity index (χ0) is 100. The molecular formula is C99H87Cl2F18N9O9. The summed E-state index contributed by atoms with van der Waals surface area (Å²) in [5.74, 6) is -0.0766. The van der Waals surface area contributed by atoms with Crippen LogP contribution in [0.4, 0.5) is 102 Å². The van der Waals surface area contributed by atoms with Crippen LogP contribution in [-0.4, -0.2) is 77.8 Å². The van der Waals surface area contributed by atoms with Gasteiger partial charge in [0.1, 0.15) is 29.9 Å². The summed E-state index contributed by atoms with van der Waals surface area (Å²) in [5.41, 5.74) is -5.72. The van der Waals surface area contributed by atoms with Gasteiger partial charge >= 0.3 is 60.9 Å². The van der Waals surface area contributed by atoms with Crippen molar-refractivity contribution in [3.8, 4) is 61.2 Å². The lowest BCUT2D eigenvalue weighted by atomic mass is 9.94. The van der Waals surface area contributed by atoms with Gasteiger partial charge in [-0.2, -0.15) is 71.1 Å². The fourth-order valence-electron chi connectivity index (χ4n) is 16.1. The molecular weight excluding hydrogens is 1870 g/mol. The van der Waals surface area contributed by atoms with Crippen molar-refractivity contribution in [1.82, 2.24) is 21.3 Å². The van der Waals surface area contributed by atoms with Crippen molar-refractivity contribution in [1.29, 1.82) is 5.26 Å². The zero-order valence-electron chi connectivity index (χ0n) is 72.4. The van der Waals surface area contributed by atoms with Crippen LogP contribution >= 0.6 is 23.2 Å². The fourth-order valence-corrected chi connectivity index (χ4v) is 16.5. The molecule has 0 spiro atoms. The molecule has 38 heteroatoms. The molecule has 12 rings (SSSR count). The highest BCUT2D eigenvalue weighted by Gasteiger charge is 2.44. The Hall–Kier alpha value is -13.6. The first-order valence-corrected chi connectivity index (χ1v) is 43.5. The molecule has 137 heavy (non-hydrogen) atoms. The SMILES string of the molecule is C#CC(=O)N(c1cccc(C(F)(F)F)c1)C(C(=O)NC1CCCCC1)c1cc(C(F)(F)F)ccc1Cl.C#CC(=O)N(c1cccc(C(F)(F)F)c1)C(C(=O)NC1CCCCC1)c1ccc(C#N)cc1.C#CC(=O)N(c1cccc(C(F)(F)F)c1)C(C(=O)NC1CCCCC1)c1ccc(OC(F)(F)F)cc1.C#CC(=O)N(c1cccc(C(F)(F)F)c1)C(C(=O)NC1CCCCC1)c1cccc(Cl)c1. The fraction of sp³-hybridized carbons (Fsp3) is 0.343. The molecule has 4 atom stereocenters. The maximum atomic E-state index is 13.5. The summed E-state index contributed by atoms with van der Waals surface area (Å²) in [7, 11) is 0. The van der Waals surface area contributed by atoms with Crippen molar-refractivity contribution < 1.29 is 122 Å². The van der Waals surface area contributed by atoms with Gasteiger partial charge in [-0.05, 0) is 219 Å². The molecule has 18 nitrogen and oxygen atoms in total. The number of ether oxygens (including phenoxy) is 1. The number of amides is 8. The Kier molecular flexibility index (Phi) is 37.3. The second kappa shape index (κ2) is 47.7. The van der Waals surface area contributed by atoms with Crippen molar-refractivity contribution in [2.75, 3.05) is 19.6 Å². The van der Waals surface area contributed by atoms with E-state index in [4.69, 9.17) is 54.2 Å². The third kappa shape index (κ3) is 30.2. The van der Waals surface area contributed by atoms with E-state index in [1.165, 1.54) is 54.6 Å². The Balaban J connectivity index is 0.000000205. The predicted octanol–water partition coefficient (Wildman–Crippen LogP) is 22.5. The number of benzene rings is 8. The molecule has 4 aliphatic rings. The van der Waals surface area contributed by atoms with E-state index >= 15 is 0 Å². The molecule has 4 aliphatic carbocycles. The molecule has 0 radical (unpaired) electrons. The Labute approximate surface area is 786 Å². The van der Waals surface area contributed by atoms with E-state index in [1.54, 1.807) is 24.1 Å². The topological polar surface area (TPSA) is 231 Å². The number of hydrogen-bond acceptors (Lipinski definition) is 10. The van der Waals surface area contributed by atoms with Gasteiger partial charge in [0.2, 0.25) is 23.6 Å². The molecule has 0 bridgehead atoms. The highest BCUT2D eigenvalue weighted by molar-refractivity contribution is 6.32. The minimum Gasteiger partial charge on any atom is -0.406 e. The highest BCUT2D eigenvalue weighted by atomic mass is 35.5. The van der Waals surface area contributed by atoms with Gasteiger partial charge < -0.3 is 26.0 Å². The van der Waals surface area contributed by atoms with Crippen molar-refractivity contribution in [3.05, 3.63) is 254 Å². The number of halogens is 20. The van der Waals surface area contributed by atoms with Crippen LogP contribution in [0.15, 0.2) is 188 Å². The number of terminal acetylenes is 4. The minimum absolute atomic E-state index is 0.0267. The van der Waals surface area contributed by atoms with Gasteiger partial charge in [-0.1, -0.05) is 161 Å². The Bertz CT molecular complexity index is 5810. The zero-order valence-corrected chi connectivity index (χ0v) is 73.9. The van der Waals surface area contributed by atoms with Crippen LogP contribution in [0.5, 0.6) is 5.75 Å². The van der Waals surface area contributed by atoms with Gasteiger partial charge in [-0.3, -0.25) is 58.0 Å². The summed E-state index contributed by atoms with van der Waals surface area (Å²) in [6, 6.07) is 29.2. The lowest BCUT2D eigenvalue weighted by Gasteiger charge is -2.33. The van der Waals surface area contributed by atoms with E-state index in [0.717, 1.165) is 208 Å². The van der Waals surface area contributed by atoms with Gasteiger partial charge in [0, 0.05) is 62.5 Å². The Morgan fingerprint density at radius 3 is 0.876 bits per heavy atom. The number of nitriles is 1. The minimum atomic E-state index is -4.96. The highest BCUT2D eigenvalue weighted by Crippen LogP contribution is 2.44. The Morgan fingerprint density at radius 1 is 0.328 bits per heavy atom. The first kappa shape index (κ1) is 107. The molecule has 0 aliphatic heterocycles. The van der Waals surface area contributed by atoms with Crippen LogP contribution < -0.4 is 45.6 Å². The standard InChI is InChI=1S/C25H21ClF6N2O2.C25H22F6N2O3.C25H22F3N3O2.C24H22ClF3N2O2/c1-2-21(35)34(18-10-6-7-15(13-18)24(27,28)29)22(23(36)33-17-8-4-3-5-9-17)19-14-16(25(30,31)32)11-12-20(19)26;1-2-21(34)33(19-10-6-7-17(15-19)24(26,27)28)22(23(35)32-18-8-4-3-5-9-18)16-11-13-20(14-12-16)36-25(29,30)31;1-2-22(32)31(21-10-6-7-19(15-21)25(26,27)28)23(18-13-11-17(16-29)12-14-18)24(33)30-20-8-4-3-5-9-20;1-2-21(31)30(20-13-7-9-17(15-20)24(26,27)28)22(16-8-6-10-18(25)14-16)23(32)29-19-11-4-3-5-12-19/h1,6-7,10-14,17,22H,3-5,8-9H2,(H,33,36);1,6-7,10-15,18,22H,3-5,8-9H2,(H,32,35);1,6-7,10-15,20,23H,3-5,8-9H2,(H,30,33);1,6-10,13-15,19,22H,3-5,11-12H2,(H,29,32). The number of carbonyl (C=O) groups is 8. The third-order valence-electron chi connectivity index (χ3n) is 22.6. The summed E-state index contributed by atoms with van der Waals surface area (Å²) >= 11 is 12.3.